The van der Waals surface area contributed by atoms with E-state index in [-0.39, 0.29) is 11.3 Å². The lowest BCUT2D eigenvalue weighted by molar-refractivity contribution is -0.815. The maximum absolute atomic E-state index is 12.5. The normalized spacial score (nSPS) is 15.0. The highest BCUT2D eigenvalue weighted by Crippen LogP contribution is 2.39. The van der Waals surface area contributed by atoms with E-state index in [9.17, 15) is 25.0 Å². The second kappa shape index (κ2) is 4.62. The summed E-state index contributed by atoms with van der Waals surface area (Å²) in [4.78, 5) is 32.5. The van der Waals surface area contributed by atoms with Gasteiger partial charge in [-0.3, -0.25) is 25.0 Å². The van der Waals surface area contributed by atoms with Crippen LogP contribution in [0.5, 0.6) is 5.75 Å². The molecule has 1 aliphatic rings. The molecular formula is C14H8N2O6. The van der Waals surface area contributed by atoms with Gasteiger partial charge >= 0.3 is 11.6 Å². The van der Waals surface area contributed by atoms with Gasteiger partial charge in [0.2, 0.25) is 0 Å². The van der Waals surface area contributed by atoms with E-state index in [2.05, 4.69) is 0 Å². The Hall–Kier alpha value is -3.29. The molecular weight excluding hydrogens is 292 g/mol. The number of para-hydroxylation sites is 1. The molecule has 1 aliphatic heterocycles. The minimum atomic E-state index is -3.39. The molecule has 0 bridgehead atoms. The molecule has 0 atom stereocenters. The predicted molar refractivity (Wildman–Crippen MR) is 73.6 cm³/mol. The summed E-state index contributed by atoms with van der Waals surface area (Å²) in [5.41, 5.74) is 0.617. The van der Waals surface area contributed by atoms with Crippen LogP contribution in [-0.2, 0) is 0 Å². The highest BCUT2D eigenvalue weighted by Gasteiger charge is 2.70. The predicted octanol–water partition coefficient (Wildman–Crippen LogP) is 2.14. The first-order valence-corrected chi connectivity index (χ1v) is 6.19. The van der Waals surface area contributed by atoms with E-state index < -0.39 is 21.5 Å². The summed E-state index contributed by atoms with van der Waals surface area (Å²) in [6, 6.07) is 12.1. The third kappa shape index (κ3) is 1.67. The van der Waals surface area contributed by atoms with Crippen LogP contribution in [0.2, 0.25) is 0 Å². The first-order chi connectivity index (χ1) is 10.5. The smallest absolute Gasteiger partial charge is 0.364 e. The molecule has 2 aromatic carbocycles. The summed E-state index contributed by atoms with van der Waals surface area (Å²) < 4.78 is 5.01. The van der Waals surface area contributed by atoms with Crippen molar-refractivity contribution in [3.63, 3.8) is 0 Å². The topological polar surface area (TPSA) is 113 Å². The Labute approximate surface area is 123 Å². The number of ketones is 1. The van der Waals surface area contributed by atoms with E-state index in [1.54, 1.807) is 24.3 Å². The van der Waals surface area contributed by atoms with Crippen molar-refractivity contribution in [3.05, 3.63) is 74.3 Å². The molecule has 8 heteroatoms. The number of fused-ring (bicyclic) bond motifs is 3. The van der Waals surface area contributed by atoms with Gasteiger partial charge in [0.15, 0.2) is 9.85 Å². The zero-order chi connectivity index (χ0) is 15.9. The van der Waals surface area contributed by atoms with Crippen molar-refractivity contribution in [1.29, 1.82) is 0 Å². The van der Waals surface area contributed by atoms with Gasteiger partial charge in [-0.25, -0.2) is 0 Å². The molecule has 0 radical (unpaired) electrons. The molecule has 110 valence electrons. The molecule has 0 fully saturated rings. The minimum Gasteiger partial charge on any atom is -0.364 e. The van der Waals surface area contributed by atoms with E-state index in [0.29, 0.717) is 11.1 Å². The third-order valence-electron chi connectivity index (χ3n) is 3.39. The molecule has 0 aliphatic carbocycles. The number of benzene rings is 2. The fraction of sp³-hybridized carbons (Fsp3) is 0.0714. The van der Waals surface area contributed by atoms with Gasteiger partial charge in [0.1, 0.15) is 5.75 Å². The van der Waals surface area contributed by atoms with Gasteiger partial charge in [0.05, 0.1) is 0 Å². The number of carbonyl (C=O) groups excluding carboxylic acids is 1. The van der Waals surface area contributed by atoms with Crippen LogP contribution in [0.15, 0.2) is 48.5 Å². The molecule has 0 aromatic heterocycles. The van der Waals surface area contributed by atoms with E-state index in [4.69, 9.17) is 4.74 Å². The van der Waals surface area contributed by atoms with Gasteiger partial charge in [-0.05, 0) is 17.7 Å². The van der Waals surface area contributed by atoms with Crippen LogP contribution >= 0.6 is 0 Å². The van der Waals surface area contributed by atoms with Crippen molar-refractivity contribution < 1.29 is 19.4 Å². The maximum atomic E-state index is 12.5. The number of hydrogen-bond donors (Lipinski definition) is 0. The summed E-state index contributed by atoms with van der Waals surface area (Å²) in [7, 11) is 0. The van der Waals surface area contributed by atoms with E-state index in [1.807, 2.05) is 0 Å². The standard InChI is InChI=1S/C14H8N2O6/c17-13-11-7-2-1-5-9(11)10-6-3-4-8-12(10)22-14(13,15(18)19)16(20)21/h1-8H. The quantitative estimate of drug-likeness (QED) is 0.477. The molecule has 8 nitrogen and oxygen atoms in total. The summed E-state index contributed by atoms with van der Waals surface area (Å²) in [6.45, 7) is 0. The number of nitro groups is 2. The van der Waals surface area contributed by atoms with E-state index >= 15 is 0 Å². The number of Topliss-reactive ketones (excluding diaryl/α,β-unsaturated/α-hetero) is 1. The molecule has 0 amide bonds. The van der Waals surface area contributed by atoms with E-state index in [0.717, 1.165) is 0 Å². The van der Waals surface area contributed by atoms with Gasteiger partial charge in [-0.2, -0.15) is 0 Å². The van der Waals surface area contributed by atoms with Crippen LogP contribution in [0.4, 0.5) is 0 Å². The molecule has 0 saturated heterocycles. The maximum Gasteiger partial charge on any atom is 0.687 e. The lowest BCUT2D eigenvalue weighted by Crippen LogP contribution is -2.57. The zero-order valence-corrected chi connectivity index (χ0v) is 11.0. The Morgan fingerprint density at radius 3 is 1.91 bits per heavy atom. The first-order valence-electron chi connectivity index (χ1n) is 6.19. The Bertz CT molecular complexity index is 802. The fourth-order valence-electron chi connectivity index (χ4n) is 2.38. The van der Waals surface area contributed by atoms with Crippen LogP contribution in [0.3, 0.4) is 0 Å². The van der Waals surface area contributed by atoms with Crippen LogP contribution < -0.4 is 4.74 Å². The number of rotatable bonds is 2. The summed E-state index contributed by atoms with van der Waals surface area (Å²) in [5, 5.41) is 22.6. The molecule has 0 spiro atoms. The van der Waals surface area contributed by atoms with Gasteiger partial charge in [0.25, 0.3) is 0 Å². The second-order valence-corrected chi connectivity index (χ2v) is 4.60. The van der Waals surface area contributed by atoms with Crippen molar-refractivity contribution in [1.82, 2.24) is 0 Å². The summed E-state index contributed by atoms with van der Waals surface area (Å²) in [5.74, 6) is -4.79. The fourth-order valence-corrected chi connectivity index (χ4v) is 2.38. The molecule has 1 heterocycles. The lowest BCUT2D eigenvalue weighted by Gasteiger charge is -2.14. The van der Waals surface area contributed by atoms with Gasteiger partial charge in [-0.15, -0.1) is 0 Å². The highest BCUT2D eigenvalue weighted by molar-refractivity contribution is 6.07. The summed E-state index contributed by atoms with van der Waals surface area (Å²) in [6.07, 6.45) is 0. The largest absolute Gasteiger partial charge is 0.687 e. The third-order valence-corrected chi connectivity index (χ3v) is 3.39. The minimum absolute atomic E-state index is 0.0887. The average Bonchev–Trinajstić information content (AvgIpc) is 2.62. The second-order valence-electron chi connectivity index (χ2n) is 4.60. The Balaban J connectivity index is 2.41. The molecule has 0 unspecified atom stereocenters. The molecule has 0 N–H and O–H groups in total. The van der Waals surface area contributed by atoms with Crippen LogP contribution in [0.25, 0.3) is 11.1 Å². The molecule has 3 rings (SSSR count). The van der Waals surface area contributed by atoms with Crippen LogP contribution in [-0.4, -0.2) is 21.5 Å². The Morgan fingerprint density at radius 2 is 1.32 bits per heavy atom. The average molecular weight is 300 g/mol. The first kappa shape index (κ1) is 13.7. The number of nitrogens with zero attached hydrogens (tertiary/aromatic N) is 2. The molecule has 22 heavy (non-hydrogen) atoms. The monoisotopic (exact) mass is 300 g/mol. The van der Waals surface area contributed by atoms with Gasteiger partial charge in [-0.1, -0.05) is 36.4 Å². The number of ether oxygens (including phenoxy) is 1. The van der Waals surface area contributed by atoms with E-state index in [1.165, 1.54) is 24.3 Å². The number of hydrogen-bond acceptors (Lipinski definition) is 6. The van der Waals surface area contributed by atoms with Crippen molar-refractivity contribution in [3.8, 4) is 16.9 Å². The molecule has 2 aromatic rings. The molecule has 0 saturated carbocycles. The van der Waals surface area contributed by atoms with Crippen molar-refractivity contribution in [2.75, 3.05) is 0 Å². The SMILES string of the molecule is O=C1c2ccccc2-c2ccccc2OC1([N+](=O)[O-])[N+](=O)[O-]. The zero-order valence-electron chi connectivity index (χ0n) is 11.0. The van der Waals surface area contributed by atoms with Crippen molar-refractivity contribution >= 4 is 5.78 Å². The van der Waals surface area contributed by atoms with Gasteiger partial charge < -0.3 is 4.74 Å². The Kier molecular flexibility index (Phi) is 2.87. The van der Waals surface area contributed by atoms with Gasteiger partial charge in [0, 0.05) is 11.1 Å². The summed E-state index contributed by atoms with van der Waals surface area (Å²) >= 11 is 0. The lowest BCUT2D eigenvalue weighted by atomic mass is 9.96. The van der Waals surface area contributed by atoms with Crippen molar-refractivity contribution in [2.45, 2.75) is 5.85 Å². The highest BCUT2D eigenvalue weighted by atomic mass is 16.8. The Morgan fingerprint density at radius 1 is 0.818 bits per heavy atom. The van der Waals surface area contributed by atoms with Crippen molar-refractivity contribution in [2.24, 2.45) is 0 Å². The van der Waals surface area contributed by atoms with Crippen LogP contribution in [0.1, 0.15) is 10.4 Å². The van der Waals surface area contributed by atoms with Crippen LogP contribution in [0, 0.1) is 20.2 Å². The number of carbonyl (C=O) groups is 1.